The second kappa shape index (κ2) is 5.44. The smallest absolute Gasteiger partial charge is 0.343 e. The number of hydrazine groups is 1. The number of nitrogens with one attached hydrogen (secondary N) is 1. The molecule has 0 unspecified atom stereocenters. The Morgan fingerprint density at radius 2 is 1.95 bits per heavy atom. The van der Waals surface area contributed by atoms with Crippen LogP contribution in [0.25, 0.3) is 0 Å². The van der Waals surface area contributed by atoms with Gasteiger partial charge in [-0.1, -0.05) is 0 Å². The van der Waals surface area contributed by atoms with Crippen molar-refractivity contribution in [2.75, 3.05) is 5.43 Å². The molecule has 19 heavy (non-hydrogen) atoms. The summed E-state index contributed by atoms with van der Waals surface area (Å²) in [7, 11) is 1.72. The lowest BCUT2D eigenvalue weighted by atomic mass is 10.5. The average Bonchev–Trinajstić information content (AvgIpc) is 2.73. The first kappa shape index (κ1) is 13.0. The lowest BCUT2D eigenvalue weighted by molar-refractivity contribution is 0.218. The summed E-state index contributed by atoms with van der Waals surface area (Å²) in [4.78, 5) is 15.7. The van der Waals surface area contributed by atoms with Gasteiger partial charge in [-0.3, -0.25) is 10.1 Å². The van der Waals surface area contributed by atoms with E-state index in [1.807, 2.05) is 13.8 Å². The molecule has 0 spiro atoms. The molecule has 2 rings (SSSR count). The monoisotopic (exact) mass is 266 g/mol. The zero-order valence-electron chi connectivity index (χ0n) is 10.7. The van der Waals surface area contributed by atoms with Crippen LogP contribution in [0.4, 0.5) is 5.95 Å². The Morgan fingerprint density at radius 1 is 1.21 bits per heavy atom. The fraction of sp³-hybridized carbons (Fsp3) is 0.444. The van der Waals surface area contributed by atoms with Crippen LogP contribution in [0.15, 0.2) is 6.33 Å². The first-order valence-electron chi connectivity index (χ1n) is 5.49. The van der Waals surface area contributed by atoms with Crippen LogP contribution in [0.1, 0.15) is 13.8 Å². The number of aryl methyl sites for hydroxylation is 1. The molecule has 0 amide bonds. The van der Waals surface area contributed by atoms with Crippen LogP contribution in [-0.2, 0) is 7.05 Å². The molecule has 10 nitrogen and oxygen atoms in total. The lowest BCUT2D eigenvalue weighted by Crippen LogP contribution is -2.15. The van der Waals surface area contributed by atoms with Crippen molar-refractivity contribution in [3.63, 3.8) is 0 Å². The highest BCUT2D eigenvalue weighted by atomic mass is 16.5. The molecule has 2 aromatic heterocycles. The minimum absolute atomic E-state index is 0.00944. The molecule has 0 aromatic carbocycles. The number of ether oxygens (including phenoxy) is 2. The summed E-state index contributed by atoms with van der Waals surface area (Å²) in [6.07, 6.45) is 1.40. The molecule has 2 heterocycles. The van der Waals surface area contributed by atoms with Gasteiger partial charge in [0, 0.05) is 7.05 Å². The largest absolute Gasteiger partial charge is 0.461 e. The topological polar surface area (TPSA) is 126 Å². The van der Waals surface area contributed by atoms with Crippen LogP contribution in [-0.4, -0.2) is 35.8 Å². The van der Waals surface area contributed by atoms with E-state index in [-0.39, 0.29) is 30.1 Å². The Hall–Kier alpha value is -2.49. The van der Waals surface area contributed by atoms with Crippen LogP contribution in [0.2, 0.25) is 0 Å². The quantitative estimate of drug-likeness (QED) is 0.561. The van der Waals surface area contributed by atoms with E-state index in [2.05, 4.69) is 30.5 Å². The molecule has 10 heteroatoms. The van der Waals surface area contributed by atoms with E-state index in [1.165, 1.54) is 11.0 Å². The summed E-state index contributed by atoms with van der Waals surface area (Å²) in [6.45, 7) is 3.69. The van der Waals surface area contributed by atoms with E-state index in [0.717, 1.165) is 0 Å². The minimum atomic E-state index is -0.0890. The third-order valence-electron chi connectivity index (χ3n) is 1.83. The standard InChI is InChI=1S/C9H14N8O2/c1-5(2)18-8-12-6(15-10)13-9(14-8)19-7-11-4-17(3)16-7/h4-5H,10H2,1-3H3,(H,12,13,14,15). The first-order chi connectivity index (χ1) is 9.06. The summed E-state index contributed by atoms with van der Waals surface area (Å²) < 4.78 is 12.1. The molecule has 0 aliphatic heterocycles. The predicted molar refractivity (Wildman–Crippen MR) is 64.5 cm³/mol. The molecular weight excluding hydrogens is 252 g/mol. The predicted octanol–water partition coefficient (Wildman–Crippen LogP) is -0.135. The van der Waals surface area contributed by atoms with E-state index in [4.69, 9.17) is 15.3 Å². The van der Waals surface area contributed by atoms with Crippen molar-refractivity contribution in [1.82, 2.24) is 29.7 Å². The molecular formula is C9H14N8O2. The SMILES string of the molecule is CC(C)Oc1nc(NN)nc(Oc2ncn(C)n2)n1. The molecule has 0 saturated carbocycles. The van der Waals surface area contributed by atoms with E-state index in [1.54, 1.807) is 7.05 Å². The maximum Gasteiger partial charge on any atom is 0.343 e. The van der Waals surface area contributed by atoms with Crippen molar-refractivity contribution in [3.8, 4) is 18.0 Å². The van der Waals surface area contributed by atoms with E-state index in [0.29, 0.717) is 0 Å². The number of anilines is 1. The molecule has 2 aromatic rings. The molecule has 0 atom stereocenters. The fourth-order valence-electron chi connectivity index (χ4n) is 1.16. The van der Waals surface area contributed by atoms with Gasteiger partial charge in [0.05, 0.1) is 6.10 Å². The van der Waals surface area contributed by atoms with Gasteiger partial charge in [-0.15, -0.1) is 10.1 Å². The highest BCUT2D eigenvalue weighted by Crippen LogP contribution is 2.17. The van der Waals surface area contributed by atoms with Gasteiger partial charge in [-0.2, -0.15) is 15.0 Å². The summed E-state index contributed by atoms with van der Waals surface area (Å²) in [5, 5.41) is 3.94. The molecule has 102 valence electrons. The number of nitrogens with zero attached hydrogens (tertiary/aromatic N) is 6. The molecule has 0 aliphatic rings. The van der Waals surface area contributed by atoms with Crippen LogP contribution >= 0.6 is 0 Å². The van der Waals surface area contributed by atoms with Gasteiger partial charge >= 0.3 is 18.0 Å². The summed E-state index contributed by atoms with van der Waals surface area (Å²) in [5.74, 6) is 5.39. The second-order valence-electron chi connectivity index (χ2n) is 3.84. The highest BCUT2D eigenvalue weighted by Gasteiger charge is 2.12. The maximum atomic E-state index is 5.36. The number of hydrogen-bond donors (Lipinski definition) is 2. The Balaban J connectivity index is 2.23. The van der Waals surface area contributed by atoms with Crippen molar-refractivity contribution >= 4 is 5.95 Å². The summed E-state index contributed by atoms with van der Waals surface area (Å²) in [6, 6.07) is 0.209. The van der Waals surface area contributed by atoms with Gasteiger partial charge < -0.3 is 9.47 Å². The van der Waals surface area contributed by atoms with Crippen molar-refractivity contribution in [3.05, 3.63) is 6.33 Å². The van der Waals surface area contributed by atoms with Crippen LogP contribution in [0.5, 0.6) is 18.0 Å². The van der Waals surface area contributed by atoms with Crippen LogP contribution in [0, 0.1) is 0 Å². The van der Waals surface area contributed by atoms with Gasteiger partial charge in [0.25, 0.3) is 0 Å². The Morgan fingerprint density at radius 3 is 2.53 bits per heavy atom. The second-order valence-corrected chi connectivity index (χ2v) is 3.84. The van der Waals surface area contributed by atoms with Gasteiger partial charge in [-0.25, -0.2) is 5.84 Å². The Labute approximate surface area is 109 Å². The summed E-state index contributed by atoms with van der Waals surface area (Å²) >= 11 is 0. The number of aromatic nitrogens is 6. The van der Waals surface area contributed by atoms with Crippen LogP contribution in [0.3, 0.4) is 0 Å². The normalized spacial score (nSPS) is 10.6. The van der Waals surface area contributed by atoms with E-state index < -0.39 is 0 Å². The van der Waals surface area contributed by atoms with Gasteiger partial charge in [0.15, 0.2) is 0 Å². The number of hydrogen-bond acceptors (Lipinski definition) is 9. The highest BCUT2D eigenvalue weighted by molar-refractivity contribution is 5.26. The Kier molecular flexibility index (Phi) is 3.71. The third kappa shape index (κ3) is 3.48. The summed E-state index contributed by atoms with van der Waals surface area (Å²) in [5.41, 5.74) is 2.30. The van der Waals surface area contributed by atoms with Crippen LogP contribution < -0.4 is 20.7 Å². The molecule has 0 saturated heterocycles. The first-order valence-corrected chi connectivity index (χ1v) is 5.49. The van der Waals surface area contributed by atoms with Gasteiger partial charge in [0.2, 0.25) is 5.95 Å². The minimum Gasteiger partial charge on any atom is -0.461 e. The van der Waals surface area contributed by atoms with Crippen molar-refractivity contribution in [2.24, 2.45) is 12.9 Å². The zero-order chi connectivity index (χ0) is 13.8. The number of rotatable bonds is 5. The van der Waals surface area contributed by atoms with Crippen molar-refractivity contribution in [2.45, 2.75) is 20.0 Å². The maximum absolute atomic E-state index is 5.36. The van der Waals surface area contributed by atoms with Gasteiger partial charge in [-0.05, 0) is 13.8 Å². The molecule has 0 radical (unpaired) electrons. The van der Waals surface area contributed by atoms with E-state index >= 15 is 0 Å². The van der Waals surface area contributed by atoms with Crippen molar-refractivity contribution in [1.29, 1.82) is 0 Å². The lowest BCUT2D eigenvalue weighted by Gasteiger charge is -2.09. The molecule has 0 bridgehead atoms. The van der Waals surface area contributed by atoms with Crippen molar-refractivity contribution < 1.29 is 9.47 Å². The Bertz CT molecular complexity index is 555. The molecule has 0 aliphatic carbocycles. The van der Waals surface area contributed by atoms with E-state index in [9.17, 15) is 0 Å². The van der Waals surface area contributed by atoms with Gasteiger partial charge in [0.1, 0.15) is 6.33 Å². The average molecular weight is 266 g/mol. The molecule has 0 fully saturated rings. The third-order valence-corrected chi connectivity index (χ3v) is 1.83. The fourth-order valence-corrected chi connectivity index (χ4v) is 1.16. The molecule has 3 N–H and O–H groups in total. The number of nitrogen functional groups attached to an aromatic ring is 1. The zero-order valence-corrected chi connectivity index (χ0v) is 10.7. The number of nitrogens with two attached hydrogens (primary N) is 1.